The Morgan fingerprint density at radius 1 is 1.32 bits per heavy atom. The van der Waals surface area contributed by atoms with Crippen molar-refractivity contribution in [3.05, 3.63) is 34.1 Å². The number of nitrogens with one attached hydrogen (secondary N) is 1. The first-order valence-corrected chi connectivity index (χ1v) is 6.57. The number of halogens is 2. The topological polar surface area (TPSA) is 55.4 Å². The summed E-state index contributed by atoms with van der Waals surface area (Å²) in [5, 5.41) is 2.61. The van der Waals surface area contributed by atoms with Gasteiger partial charge in [-0.1, -0.05) is 15.9 Å². The molecular formula is C13H15BrFNO3. The van der Waals surface area contributed by atoms with Crippen LogP contribution in [0.4, 0.5) is 4.39 Å². The fourth-order valence-corrected chi connectivity index (χ4v) is 1.67. The van der Waals surface area contributed by atoms with Crippen LogP contribution in [-0.2, 0) is 9.53 Å². The van der Waals surface area contributed by atoms with E-state index in [9.17, 15) is 14.0 Å². The summed E-state index contributed by atoms with van der Waals surface area (Å²) in [5.41, 5.74) is -0.201. The summed E-state index contributed by atoms with van der Waals surface area (Å²) in [5.74, 6) is -1.98. The number of esters is 1. The van der Waals surface area contributed by atoms with Gasteiger partial charge in [0.25, 0.3) is 5.91 Å². The van der Waals surface area contributed by atoms with Gasteiger partial charge in [-0.15, -0.1) is 0 Å². The Morgan fingerprint density at radius 3 is 2.47 bits per heavy atom. The molecule has 1 aromatic carbocycles. The quantitative estimate of drug-likeness (QED) is 0.863. The molecule has 1 rings (SSSR count). The van der Waals surface area contributed by atoms with Crippen molar-refractivity contribution in [1.82, 2.24) is 5.32 Å². The van der Waals surface area contributed by atoms with Crippen LogP contribution in [-0.4, -0.2) is 24.0 Å². The van der Waals surface area contributed by atoms with E-state index < -0.39 is 23.8 Å². The molecule has 0 aromatic heterocycles. The number of ether oxygens (including phenoxy) is 1. The lowest BCUT2D eigenvalue weighted by Crippen LogP contribution is -2.39. The van der Waals surface area contributed by atoms with Gasteiger partial charge in [-0.2, -0.15) is 0 Å². The zero-order valence-corrected chi connectivity index (χ0v) is 12.5. The lowest BCUT2D eigenvalue weighted by molar-refractivity contribution is -0.129. The minimum Gasteiger partial charge on any atom is -0.449 e. The van der Waals surface area contributed by atoms with Gasteiger partial charge in [0, 0.05) is 10.5 Å². The molecule has 0 radical (unpaired) electrons. The maximum Gasteiger partial charge on any atom is 0.341 e. The van der Waals surface area contributed by atoms with Gasteiger partial charge < -0.3 is 10.1 Å². The Balaban J connectivity index is 2.71. The molecule has 4 nitrogen and oxygen atoms in total. The first-order valence-electron chi connectivity index (χ1n) is 5.77. The van der Waals surface area contributed by atoms with Gasteiger partial charge in [0.2, 0.25) is 0 Å². The Morgan fingerprint density at radius 2 is 1.95 bits per heavy atom. The molecule has 0 aliphatic rings. The van der Waals surface area contributed by atoms with Gasteiger partial charge in [-0.3, -0.25) is 4.79 Å². The van der Waals surface area contributed by atoms with Crippen molar-refractivity contribution in [2.45, 2.75) is 32.9 Å². The van der Waals surface area contributed by atoms with Crippen LogP contribution in [0.3, 0.4) is 0 Å². The fourth-order valence-electron chi connectivity index (χ4n) is 1.33. The molecular weight excluding hydrogens is 317 g/mol. The van der Waals surface area contributed by atoms with Crippen molar-refractivity contribution in [2.24, 2.45) is 0 Å². The highest BCUT2D eigenvalue weighted by Crippen LogP contribution is 2.16. The second-order valence-electron chi connectivity index (χ2n) is 4.33. The van der Waals surface area contributed by atoms with Crippen molar-refractivity contribution >= 4 is 27.8 Å². The molecule has 0 bridgehead atoms. The van der Waals surface area contributed by atoms with E-state index in [1.165, 1.54) is 19.1 Å². The zero-order chi connectivity index (χ0) is 14.6. The largest absolute Gasteiger partial charge is 0.449 e. The molecule has 6 heteroatoms. The van der Waals surface area contributed by atoms with E-state index in [-0.39, 0.29) is 11.6 Å². The molecule has 0 aliphatic carbocycles. The molecule has 0 saturated heterocycles. The van der Waals surface area contributed by atoms with E-state index in [1.807, 2.05) is 0 Å². The zero-order valence-electron chi connectivity index (χ0n) is 10.9. The maximum atomic E-state index is 13.5. The number of hydrogen-bond acceptors (Lipinski definition) is 3. The van der Waals surface area contributed by atoms with Crippen LogP contribution in [0.2, 0.25) is 0 Å². The Kier molecular flexibility index (Phi) is 5.47. The van der Waals surface area contributed by atoms with Gasteiger partial charge in [0.15, 0.2) is 6.10 Å². The van der Waals surface area contributed by atoms with Gasteiger partial charge in [-0.05, 0) is 39.0 Å². The van der Waals surface area contributed by atoms with Crippen molar-refractivity contribution < 1.29 is 18.7 Å². The average Bonchev–Trinajstić information content (AvgIpc) is 2.27. The highest BCUT2D eigenvalue weighted by Gasteiger charge is 2.21. The molecule has 1 N–H and O–H groups in total. The summed E-state index contributed by atoms with van der Waals surface area (Å²) < 4.78 is 19.0. The summed E-state index contributed by atoms with van der Waals surface area (Å²) in [6.45, 7) is 5.02. The molecule has 1 aromatic rings. The number of carbonyl (C=O) groups is 2. The summed E-state index contributed by atoms with van der Waals surface area (Å²) in [6.07, 6.45) is -0.974. The average molecular weight is 332 g/mol. The second kappa shape index (κ2) is 6.65. The summed E-state index contributed by atoms with van der Waals surface area (Å²) >= 11 is 3.09. The number of benzene rings is 1. The Bertz CT molecular complexity index is 491. The Labute approximate surface area is 119 Å². The normalized spacial score (nSPS) is 12.1. The highest BCUT2D eigenvalue weighted by atomic mass is 79.9. The smallest absolute Gasteiger partial charge is 0.341 e. The highest BCUT2D eigenvalue weighted by molar-refractivity contribution is 9.10. The fraction of sp³-hybridized carbons (Fsp3) is 0.385. The molecule has 1 amide bonds. The number of rotatable bonds is 4. The lowest BCUT2D eigenvalue weighted by Gasteiger charge is -2.15. The molecule has 0 saturated carbocycles. The Hall–Kier alpha value is -1.43. The van der Waals surface area contributed by atoms with Gasteiger partial charge >= 0.3 is 5.97 Å². The summed E-state index contributed by atoms with van der Waals surface area (Å²) in [4.78, 5) is 23.3. The van der Waals surface area contributed by atoms with E-state index in [2.05, 4.69) is 21.2 Å². The van der Waals surface area contributed by atoms with E-state index in [4.69, 9.17) is 4.74 Å². The number of carbonyl (C=O) groups excluding carboxylic acids is 2. The van der Waals surface area contributed by atoms with Crippen LogP contribution in [0.25, 0.3) is 0 Å². The van der Waals surface area contributed by atoms with E-state index in [0.29, 0.717) is 4.47 Å². The molecule has 0 spiro atoms. The third kappa shape index (κ3) is 4.63. The molecule has 0 aliphatic heterocycles. The van der Waals surface area contributed by atoms with Crippen molar-refractivity contribution in [3.8, 4) is 0 Å². The molecule has 104 valence electrons. The van der Waals surface area contributed by atoms with Crippen molar-refractivity contribution in [1.29, 1.82) is 0 Å². The predicted octanol–water partition coefficient (Wildman–Crippen LogP) is 2.66. The number of hydrogen-bond donors (Lipinski definition) is 1. The maximum absolute atomic E-state index is 13.5. The SMILES string of the molecule is CC(C)NC(=O)[C@H](C)OC(=O)c1ccc(Br)cc1F. The molecule has 0 unspecified atom stereocenters. The molecule has 1 atom stereocenters. The van der Waals surface area contributed by atoms with Crippen LogP contribution in [0, 0.1) is 5.82 Å². The first-order chi connectivity index (χ1) is 8.81. The van der Waals surface area contributed by atoms with Gasteiger partial charge in [-0.25, -0.2) is 9.18 Å². The minimum atomic E-state index is -0.974. The van der Waals surface area contributed by atoms with Crippen LogP contribution < -0.4 is 5.32 Å². The molecule has 0 fully saturated rings. The third-order valence-corrected chi connectivity index (χ3v) is 2.73. The lowest BCUT2D eigenvalue weighted by atomic mass is 10.2. The second-order valence-corrected chi connectivity index (χ2v) is 5.25. The monoisotopic (exact) mass is 331 g/mol. The van der Waals surface area contributed by atoms with Gasteiger partial charge in [0.1, 0.15) is 5.82 Å². The van der Waals surface area contributed by atoms with E-state index in [1.54, 1.807) is 13.8 Å². The summed E-state index contributed by atoms with van der Waals surface area (Å²) in [6, 6.07) is 3.93. The van der Waals surface area contributed by atoms with Crippen LogP contribution in [0.15, 0.2) is 22.7 Å². The molecule has 19 heavy (non-hydrogen) atoms. The summed E-state index contributed by atoms with van der Waals surface area (Å²) in [7, 11) is 0. The van der Waals surface area contributed by atoms with Crippen LogP contribution >= 0.6 is 15.9 Å². The predicted molar refractivity (Wildman–Crippen MR) is 72.3 cm³/mol. The first kappa shape index (κ1) is 15.6. The van der Waals surface area contributed by atoms with Crippen molar-refractivity contribution in [3.63, 3.8) is 0 Å². The van der Waals surface area contributed by atoms with Crippen LogP contribution in [0.5, 0.6) is 0 Å². The van der Waals surface area contributed by atoms with Gasteiger partial charge in [0.05, 0.1) is 5.56 Å². The standard InChI is InChI=1S/C13H15BrFNO3/c1-7(2)16-12(17)8(3)19-13(18)10-5-4-9(14)6-11(10)15/h4-8H,1-3H3,(H,16,17)/t8-/m0/s1. The molecule has 0 heterocycles. The van der Waals surface area contributed by atoms with E-state index >= 15 is 0 Å². The van der Waals surface area contributed by atoms with Crippen LogP contribution in [0.1, 0.15) is 31.1 Å². The third-order valence-electron chi connectivity index (χ3n) is 2.24. The van der Waals surface area contributed by atoms with E-state index in [0.717, 1.165) is 6.07 Å². The number of amides is 1. The minimum absolute atomic E-state index is 0.0573. The van der Waals surface area contributed by atoms with Crippen molar-refractivity contribution in [2.75, 3.05) is 0 Å².